The lowest BCUT2D eigenvalue weighted by atomic mass is 10.3. The molecule has 0 aliphatic rings. The van der Waals surface area contributed by atoms with Crippen LogP contribution in [0.2, 0.25) is 0 Å². The zero-order valence-electron chi connectivity index (χ0n) is 9.16. The molecule has 0 spiro atoms. The fourth-order valence-electron chi connectivity index (χ4n) is 1.15. The summed E-state index contributed by atoms with van der Waals surface area (Å²) >= 11 is 0. The van der Waals surface area contributed by atoms with E-state index in [0.29, 0.717) is 12.3 Å². The summed E-state index contributed by atoms with van der Waals surface area (Å²) in [6, 6.07) is 3.55. The van der Waals surface area contributed by atoms with Gasteiger partial charge in [0.2, 0.25) is 0 Å². The molecular formula is C11H17NO3. The highest BCUT2D eigenvalue weighted by atomic mass is 16.6. The lowest BCUT2D eigenvalue weighted by molar-refractivity contribution is 0.0949. The quantitative estimate of drug-likeness (QED) is 0.762. The fraction of sp³-hybridized carbons (Fsp3) is 0.545. The van der Waals surface area contributed by atoms with Crippen LogP contribution >= 0.6 is 0 Å². The molecule has 1 heterocycles. The smallest absolute Gasteiger partial charge is 0.407 e. The Hall–Kier alpha value is -1.45. The van der Waals surface area contributed by atoms with E-state index < -0.39 is 6.09 Å². The minimum absolute atomic E-state index is 0.346. The minimum atomic E-state index is -0.396. The second-order valence-corrected chi connectivity index (χ2v) is 3.34. The van der Waals surface area contributed by atoms with E-state index in [0.717, 1.165) is 12.8 Å². The summed E-state index contributed by atoms with van der Waals surface area (Å²) in [4.78, 5) is 11.2. The predicted molar refractivity (Wildman–Crippen MR) is 56.5 cm³/mol. The van der Waals surface area contributed by atoms with E-state index in [9.17, 15) is 4.79 Å². The number of nitrogens with one attached hydrogen (secondary N) is 1. The second-order valence-electron chi connectivity index (χ2n) is 3.34. The minimum Gasteiger partial charge on any atom is -0.465 e. The number of unbranched alkanes of at least 4 members (excludes halogenated alkanes) is 1. The first-order chi connectivity index (χ1) is 7.24. The van der Waals surface area contributed by atoms with Crippen LogP contribution in [0.4, 0.5) is 4.79 Å². The molecule has 1 atom stereocenters. The summed E-state index contributed by atoms with van der Waals surface area (Å²) in [5.74, 6) is 0.653. The predicted octanol–water partition coefficient (Wildman–Crippen LogP) is 2.87. The maximum Gasteiger partial charge on any atom is 0.407 e. The average Bonchev–Trinajstić information content (AvgIpc) is 2.70. The molecule has 84 valence electrons. The summed E-state index contributed by atoms with van der Waals surface area (Å²) in [5, 5.41) is 2.67. The molecule has 1 amide bonds. The molecule has 4 heteroatoms. The van der Waals surface area contributed by atoms with Gasteiger partial charge in [0.15, 0.2) is 6.10 Å². The van der Waals surface area contributed by atoms with Crippen molar-refractivity contribution >= 4 is 6.09 Å². The van der Waals surface area contributed by atoms with Crippen LogP contribution in [0.5, 0.6) is 0 Å². The Labute approximate surface area is 89.6 Å². The van der Waals surface area contributed by atoms with Gasteiger partial charge in [0, 0.05) is 6.54 Å². The highest BCUT2D eigenvalue weighted by Crippen LogP contribution is 2.16. The maximum absolute atomic E-state index is 11.2. The molecule has 0 aliphatic carbocycles. The number of amides is 1. The van der Waals surface area contributed by atoms with Gasteiger partial charge < -0.3 is 14.5 Å². The van der Waals surface area contributed by atoms with Crippen molar-refractivity contribution in [3.8, 4) is 0 Å². The van der Waals surface area contributed by atoms with Crippen molar-refractivity contribution in [2.24, 2.45) is 0 Å². The molecule has 0 radical (unpaired) electrons. The first-order valence-electron chi connectivity index (χ1n) is 5.22. The van der Waals surface area contributed by atoms with Crippen molar-refractivity contribution in [1.29, 1.82) is 0 Å². The van der Waals surface area contributed by atoms with Gasteiger partial charge in [-0.25, -0.2) is 4.79 Å². The molecule has 0 fully saturated rings. The highest BCUT2D eigenvalue weighted by molar-refractivity contribution is 5.67. The molecule has 0 saturated carbocycles. The SMILES string of the molecule is CCCCNC(=O)OC(C)c1ccco1. The Balaban J connectivity index is 2.26. The Bertz CT molecular complexity index is 282. The Morgan fingerprint density at radius 1 is 1.67 bits per heavy atom. The number of carbonyl (C=O) groups excluding carboxylic acids is 1. The normalized spacial score (nSPS) is 12.1. The summed E-state index contributed by atoms with van der Waals surface area (Å²) in [6.45, 7) is 4.50. The summed E-state index contributed by atoms with van der Waals surface area (Å²) in [5.41, 5.74) is 0. The van der Waals surface area contributed by atoms with E-state index >= 15 is 0 Å². The van der Waals surface area contributed by atoms with E-state index in [1.807, 2.05) is 0 Å². The van der Waals surface area contributed by atoms with Crippen LogP contribution in [0.1, 0.15) is 38.6 Å². The summed E-state index contributed by atoms with van der Waals surface area (Å²) in [7, 11) is 0. The van der Waals surface area contributed by atoms with E-state index in [-0.39, 0.29) is 6.10 Å². The van der Waals surface area contributed by atoms with Crippen molar-refractivity contribution in [2.75, 3.05) is 6.54 Å². The van der Waals surface area contributed by atoms with Gasteiger partial charge in [0.05, 0.1) is 6.26 Å². The summed E-state index contributed by atoms with van der Waals surface area (Å²) < 4.78 is 10.2. The lowest BCUT2D eigenvalue weighted by Gasteiger charge is -2.11. The van der Waals surface area contributed by atoms with Crippen molar-refractivity contribution in [3.63, 3.8) is 0 Å². The van der Waals surface area contributed by atoms with Crippen LogP contribution in [0.25, 0.3) is 0 Å². The first kappa shape index (κ1) is 11.6. The molecule has 15 heavy (non-hydrogen) atoms. The molecule has 0 aliphatic heterocycles. The van der Waals surface area contributed by atoms with Crippen LogP contribution in [-0.2, 0) is 4.74 Å². The molecule has 0 saturated heterocycles. The highest BCUT2D eigenvalue weighted by Gasteiger charge is 2.12. The number of hydrogen-bond acceptors (Lipinski definition) is 3. The van der Waals surface area contributed by atoms with Crippen LogP contribution in [0, 0.1) is 0 Å². The standard InChI is InChI=1S/C11H17NO3/c1-3-4-7-12-11(13)15-9(2)10-6-5-8-14-10/h5-6,8-9H,3-4,7H2,1-2H3,(H,12,13). The number of carbonyl (C=O) groups is 1. The topological polar surface area (TPSA) is 51.5 Å². The Morgan fingerprint density at radius 2 is 2.47 bits per heavy atom. The molecule has 1 N–H and O–H groups in total. The van der Waals surface area contributed by atoms with Gasteiger partial charge in [-0.3, -0.25) is 0 Å². The van der Waals surface area contributed by atoms with E-state index in [4.69, 9.17) is 9.15 Å². The van der Waals surface area contributed by atoms with Gasteiger partial charge in [0.1, 0.15) is 5.76 Å². The number of furan rings is 1. The van der Waals surface area contributed by atoms with Gasteiger partial charge in [-0.1, -0.05) is 13.3 Å². The molecule has 1 aromatic heterocycles. The van der Waals surface area contributed by atoms with Crippen molar-refractivity contribution < 1.29 is 13.9 Å². The third kappa shape index (κ3) is 4.06. The summed E-state index contributed by atoms with van der Waals surface area (Å²) in [6.07, 6.45) is 2.83. The molecular weight excluding hydrogens is 194 g/mol. The number of rotatable bonds is 5. The zero-order valence-corrected chi connectivity index (χ0v) is 9.16. The molecule has 4 nitrogen and oxygen atoms in total. The van der Waals surface area contributed by atoms with Gasteiger partial charge >= 0.3 is 6.09 Å². The van der Waals surface area contributed by atoms with Crippen LogP contribution < -0.4 is 5.32 Å². The average molecular weight is 211 g/mol. The third-order valence-electron chi connectivity index (χ3n) is 2.03. The monoisotopic (exact) mass is 211 g/mol. The van der Waals surface area contributed by atoms with Crippen LogP contribution in [0.3, 0.4) is 0 Å². The lowest BCUT2D eigenvalue weighted by Crippen LogP contribution is -2.26. The van der Waals surface area contributed by atoms with Gasteiger partial charge in [-0.05, 0) is 25.5 Å². The number of hydrogen-bond donors (Lipinski definition) is 1. The Morgan fingerprint density at radius 3 is 3.07 bits per heavy atom. The molecule has 0 bridgehead atoms. The number of ether oxygens (including phenoxy) is 1. The fourth-order valence-corrected chi connectivity index (χ4v) is 1.15. The van der Waals surface area contributed by atoms with Crippen molar-refractivity contribution in [2.45, 2.75) is 32.8 Å². The van der Waals surface area contributed by atoms with Gasteiger partial charge in [-0.2, -0.15) is 0 Å². The van der Waals surface area contributed by atoms with E-state index in [1.165, 1.54) is 0 Å². The van der Waals surface area contributed by atoms with Crippen molar-refractivity contribution in [3.05, 3.63) is 24.2 Å². The van der Waals surface area contributed by atoms with E-state index in [2.05, 4.69) is 12.2 Å². The van der Waals surface area contributed by atoms with Crippen LogP contribution in [-0.4, -0.2) is 12.6 Å². The van der Waals surface area contributed by atoms with Gasteiger partial charge in [-0.15, -0.1) is 0 Å². The molecule has 1 rings (SSSR count). The van der Waals surface area contributed by atoms with Crippen molar-refractivity contribution in [1.82, 2.24) is 5.32 Å². The zero-order chi connectivity index (χ0) is 11.1. The van der Waals surface area contributed by atoms with Gasteiger partial charge in [0.25, 0.3) is 0 Å². The maximum atomic E-state index is 11.2. The largest absolute Gasteiger partial charge is 0.465 e. The molecule has 1 aromatic rings. The van der Waals surface area contributed by atoms with E-state index in [1.54, 1.807) is 25.3 Å². The second kappa shape index (κ2) is 6.11. The first-order valence-corrected chi connectivity index (χ1v) is 5.22. The molecule has 0 aromatic carbocycles. The third-order valence-corrected chi connectivity index (χ3v) is 2.03. The van der Waals surface area contributed by atoms with Crippen LogP contribution in [0.15, 0.2) is 22.8 Å². The molecule has 1 unspecified atom stereocenters. The Kier molecular flexibility index (Phi) is 4.74. The number of alkyl carbamates (subject to hydrolysis) is 1.